The Morgan fingerprint density at radius 3 is 2.57 bits per heavy atom. The van der Waals surface area contributed by atoms with Gasteiger partial charge >= 0.3 is 6.09 Å². The van der Waals surface area contributed by atoms with E-state index in [1.165, 1.54) is 14.0 Å². The zero-order valence-corrected chi connectivity index (χ0v) is 13.2. The third kappa shape index (κ3) is 8.42. The third-order valence-electron chi connectivity index (χ3n) is 2.55. The molecule has 0 spiro atoms. The SMILES string of the molecule is COCCOC(=O)NCCO/N=C(\C)C(=O)Nc1ccccc1. The molecule has 2 amide bonds. The fourth-order valence-corrected chi connectivity index (χ4v) is 1.39. The van der Waals surface area contributed by atoms with E-state index in [1.807, 2.05) is 18.2 Å². The average Bonchev–Trinajstić information content (AvgIpc) is 2.55. The van der Waals surface area contributed by atoms with Crippen LogP contribution in [-0.2, 0) is 19.1 Å². The Hall–Kier alpha value is -2.61. The minimum atomic E-state index is -0.562. The van der Waals surface area contributed by atoms with Gasteiger partial charge in [0.05, 0.1) is 13.2 Å². The maximum Gasteiger partial charge on any atom is 0.407 e. The molecule has 0 radical (unpaired) electrons. The highest BCUT2D eigenvalue weighted by atomic mass is 16.6. The van der Waals surface area contributed by atoms with E-state index in [1.54, 1.807) is 12.1 Å². The van der Waals surface area contributed by atoms with Crippen molar-refractivity contribution in [3.8, 4) is 0 Å². The monoisotopic (exact) mass is 323 g/mol. The molecular formula is C15H21N3O5. The van der Waals surface area contributed by atoms with Gasteiger partial charge in [-0.05, 0) is 19.1 Å². The van der Waals surface area contributed by atoms with Crippen molar-refractivity contribution in [3.63, 3.8) is 0 Å². The summed E-state index contributed by atoms with van der Waals surface area (Å²) in [5.74, 6) is -0.358. The standard InChI is InChI=1S/C15H21N3O5/c1-12(14(19)17-13-6-4-3-5-7-13)18-23-9-8-16-15(20)22-11-10-21-2/h3-7H,8-11H2,1-2H3,(H,16,20)(H,17,19)/b18-12+. The fourth-order valence-electron chi connectivity index (χ4n) is 1.39. The number of carbonyl (C=O) groups excluding carboxylic acids is 2. The summed E-state index contributed by atoms with van der Waals surface area (Å²) in [5, 5.41) is 8.84. The zero-order valence-electron chi connectivity index (χ0n) is 13.2. The first-order valence-corrected chi connectivity index (χ1v) is 7.06. The third-order valence-corrected chi connectivity index (χ3v) is 2.55. The number of nitrogens with one attached hydrogen (secondary N) is 2. The van der Waals surface area contributed by atoms with Crippen molar-refractivity contribution in [2.45, 2.75) is 6.92 Å². The van der Waals surface area contributed by atoms with Crippen molar-refractivity contribution >= 4 is 23.4 Å². The van der Waals surface area contributed by atoms with Crippen LogP contribution in [0.3, 0.4) is 0 Å². The second-order valence-electron chi connectivity index (χ2n) is 4.39. The second kappa shape index (κ2) is 11.0. The molecule has 0 atom stereocenters. The van der Waals surface area contributed by atoms with E-state index in [0.717, 1.165) is 0 Å². The van der Waals surface area contributed by atoms with Crippen molar-refractivity contribution in [1.29, 1.82) is 0 Å². The predicted molar refractivity (Wildman–Crippen MR) is 85.4 cm³/mol. The van der Waals surface area contributed by atoms with Gasteiger partial charge in [-0.2, -0.15) is 0 Å². The summed E-state index contributed by atoms with van der Waals surface area (Å²) in [6.07, 6.45) is -0.562. The number of alkyl carbamates (subject to hydrolysis) is 1. The number of nitrogens with zero attached hydrogens (tertiary/aromatic N) is 1. The van der Waals surface area contributed by atoms with E-state index >= 15 is 0 Å². The lowest BCUT2D eigenvalue weighted by Crippen LogP contribution is -2.28. The number of hydrogen-bond acceptors (Lipinski definition) is 6. The van der Waals surface area contributed by atoms with E-state index in [-0.39, 0.29) is 31.4 Å². The van der Waals surface area contributed by atoms with Gasteiger partial charge in [0, 0.05) is 12.8 Å². The first-order valence-electron chi connectivity index (χ1n) is 7.06. The van der Waals surface area contributed by atoms with Gasteiger partial charge in [0.25, 0.3) is 5.91 Å². The quantitative estimate of drug-likeness (QED) is 0.406. The maximum atomic E-state index is 11.8. The molecule has 0 fully saturated rings. The van der Waals surface area contributed by atoms with Gasteiger partial charge in [0.15, 0.2) is 0 Å². The van der Waals surface area contributed by atoms with E-state index in [0.29, 0.717) is 12.3 Å². The largest absolute Gasteiger partial charge is 0.447 e. The number of hydrogen-bond donors (Lipinski definition) is 2. The molecule has 0 aromatic heterocycles. The number of amides is 2. The molecule has 126 valence electrons. The molecular weight excluding hydrogens is 302 g/mol. The first-order chi connectivity index (χ1) is 11.1. The van der Waals surface area contributed by atoms with Crippen molar-refractivity contribution in [3.05, 3.63) is 30.3 Å². The van der Waals surface area contributed by atoms with E-state index in [4.69, 9.17) is 14.3 Å². The van der Waals surface area contributed by atoms with Crippen LogP contribution in [0.25, 0.3) is 0 Å². The van der Waals surface area contributed by atoms with Crippen LogP contribution >= 0.6 is 0 Å². The van der Waals surface area contributed by atoms with Crippen molar-refractivity contribution in [1.82, 2.24) is 5.32 Å². The number of benzene rings is 1. The molecule has 0 saturated heterocycles. The molecule has 1 aromatic rings. The molecule has 0 aliphatic carbocycles. The molecule has 1 aromatic carbocycles. The number of carbonyl (C=O) groups is 2. The van der Waals surface area contributed by atoms with Crippen LogP contribution < -0.4 is 10.6 Å². The van der Waals surface area contributed by atoms with Crippen LogP contribution in [0.2, 0.25) is 0 Å². The molecule has 0 unspecified atom stereocenters. The molecule has 0 heterocycles. The average molecular weight is 323 g/mol. The van der Waals surface area contributed by atoms with Gasteiger partial charge < -0.3 is 24.9 Å². The summed E-state index contributed by atoms with van der Waals surface area (Å²) in [4.78, 5) is 28.0. The van der Waals surface area contributed by atoms with E-state index in [9.17, 15) is 9.59 Å². The van der Waals surface area contributed by atoms with Crippen LogP contribution in [0.15, 0.2) is 35.5 Å². The van der Waals surface area contributed by atoms with Crippen LogP contribution in [0, 0.1) is 0 Å². The zero-order chi connectivity index (χ0) is 16.9. The summed E-state index contributed by atoms with van der Waals surface area (Å²) in [7, 11) is 1.52. The normalized spacial score (nSPS) is 10.8. The van der Waals surface area contributed by atoms with Crippen LogP contribution in [-0.4, -0.2) is 51.2 Å². The smallest absolute Gasteiger partial charge is 0.407 e. The van der Waals surface area contributed by atoms with Crippen LogP contribution in [0.5, 0.6) is 0 Å². The Bertz CT molecular complexity index is 519. The van der Waals surface area contributed by atoms with Crippen molar-refractivity contribution < 1.29 is 23.9 Å². The number of oxime groups is 1. The minimum Gasteiger partial charge on any atom is -0.447 e. The van der Waals surface area contributed by atoms with Gasteiger partial charge in [0.1, 0.15) is 18.9 Å². The molecule has 2 N–H and O–H groups in total. The summed E-state index contributed by atoms with van der Waals surface area (Å²) in [6, 6.07) is 9.02. The number of ether oxygens (including phenoxy) is 2. The topological polar surface area (TPSA) is 98.2 Å². The molecule has 1 rings (SSSR count). The van der Waals surface area contributed by atoms with Crippen LogP contribution in [0.1, 0.15) is 6.92 Å². The Kier molecular flexibility index (Phi) is 8.84. The van der Waals surface area contributed by atoms with Crippen molar-refractivity contribution in [2.75, 3.05) is 38.8 Å². The van der Waals surface area contributed by atoms with Gasteiger partial charge in [-0.3, -0.25) is 4.79 Å². The van der Waals surface area contributed by atoms with Gasteiger partial charge in [0.2, 0.25) is 0 Å². The molecule has 8 heteroatoms. The molecule has 8 nitrogen and oxygen atoms in total. The van der Waals surface area contributed by atoms with Gasteiger partial charge in [-0.25, -0.2) is 4.79 Å². The summed E-state index contributed by atoms with van der Waals surface area (Å²) >= 11 is 0. The Labute approximate surface area is 134 Å². The van der Waals surface area contributed by atoms with Gasteiger partial charge in [-0.15, -0.1) is 0 Å². The number of anilines is 1. The molecule has 0 aliphatic heterocycles. The summed E-state index contributed by atoms with van der Waals surface area (Å²) in [5.41, 5.74) is 0.851. The molecule has 0 bridgehead atoms. The van der Waals surface area contributed by atoms with Crippen LogP contribution in [0.4, 0.5) is 10.5 Å². The highest BCUT2D eigenvalue weighted by molar-refractivity contribution is 6.42. The lowest BCUT2D eigenvalue weighted by atomic mass is 10.3. The number of methoxy groups -OCH3 is 1. The number of para-hydroxylation sites is 1. The number of rotatable bonds is 9. The summed E-state index contributed by atoms with van der Waals surface area (Å²) in [6.45, 7) is 2.38. The fraction of sp³-hybridized carbons (Fsp3) is 0.400. The Morgan fingerprint density at radius 1 is 1.13 bits per heavy atom. The van der Waals surface area contributed by atoms with E-state index < -0.39 is 6.09 Å². The maximum absolute atomic E-state index is 11.8. The highest BCUT2D eigenvalue weighted by Gasteiger charge is 2.07. The predicted octanol–water partition coefficient (Wildman–Crippen LogP) is 1.39. The van der Waals surface area contributed by atoms with Gasteiger partial charge in [-0.1, -0.05) is 23.4 Å². The Balaban J connectivity index is 2.18. The highest BCUT2D eigenvalue weighted by Crippen LogP contribution is 2.04. The first kappa shape index (κ1) is 18.4. The molecule has 0 aliphatic rings. The molecule has 23 heavy (non-hydrogen) atoms. The molecule has 0 saturated carbocycles. The van der Waals surface area contributed by atoms with E-state index in [2.05, 4.69) is 15.8 Å². The minimum absolute atomic E-state index is 0.120. The van der Waals surface area contributed by atoms with Crippen molar-refractivity contribution in [2.24, 2.45) is 5.16 Å². The lowest BCUT2D eigenvalue weighted by Gasteiger charge is -2.06. The second-order valence-corrected chi connectivity index (χ2v) is 4.39. The Morgan fingerprint density at radius 2 is 1.87 bits per heavy atom. The lowest BCUT2D eigenvalue weighted by molar-refractivity contribution is -0.110. The summed E-state index contributed by atoms with van der Waals surface area (Å²) < 4.78 is 9.53.